The molecule has 1 atom stereocenters. The van der Waals surface area contributed by atoms with Crippen LogP contribution in [0.4, 0.5) is 14.5 Å². The number of hydrogen-bond acceptors (Lipinski definition) is 2. The summed E-state index contributed by atoms with van der Waals surface area (Å²) in [6.45, 7) is 2.50. The fourth-order valence-electron chi connectivity index (χ4n) is 2.38. The maximum absolute atomic E-state index is 13.8. The molecule has 0 aromatic heterocycles. The molecule has 0 radical (unpaired) electrons. The average molecular weight is 275 g/mol. The summed E-state index contributed by atoms with van der Waals surface area (Å²) in [5, 5.41) is 3.22. The van der Waals surface area contributed by atoms with Crippen LogP contribution in [0.15, 0.2) is 36.4 Å². The number of benzene rings is 2. The lowest BCUT2D eigenvalue weighted by molar-refractivity contribution is 0.204. The number of ether oxygens (including phenoxy) is 1. The predicted molar refractivity (Wildman–Crippen MR) is 74.0 cm³/mol. The number of rotatable bonds is 2. The van der Waals surface area contributed by atoms with Gasteiger partial charge in [-0.1, -0.05) is 25.1 Å². The molecule has 0 saturated heterocycles. The minimum atomic E-state index is -0.849. The van der Waals surface area contributed by atoms with Gasteiger partial charge in [-0.2, -0.15) is 0 Å². The molecule has 2 nitrogen and oxygen atoms in total. The van der Waals surface area contributed by atoms with Gasteiger partial charge in [-0.3, -0.25) is 0 Å². The van der Waals surface area contributed by atoms with Crippen molar-refractivity contribution in [3.8, 4) is 5.75 Å². The molecule has 0 bridgehead atoms. The Hall–Kier alpha value is -2.10. The van der Waals surface area contributed by atoms with E-state index in [9.17, 15) is 8.78 Å². The van der Waals surface area contributed by atoms with Gasteiger partial charge < -0.3 is 10.1 Å². The first-order chi connectivity index (χ1) is 9.69. The zero-order chi connectivity index (χ0) is 14.1. The van der Waals surface area contributed by atoms with E-state index in [1.165, 1.54) is 11.6 Å². The summed E-state index contributed by atoms with van der Waals surface area (Å²) in [6.07, 6.45) is 0.419. The van der Waals surface area contributed by atoms with Gasteiger partial charge in [0, 0.05) is 5.56 Å². The molecular formula is C16H15F2NO. The van der Waals surface area contributed by atoms with Crippen LogP contribution in [0.2, 0.25) is 0 Å². The predicted octanol–water partition coefficient (Wildman–Crippen LogP) is 4.07. The molecule has 1 heterocycles. The quantitative estimate of drug-likeness (QED) is 0.892. The molecule has 0 spiro atoms. The SMILES string of the molecule is CCc1ccc2c(c1)NCC(c1cccc(F)c1F)O2. The minimum Gasteiger partial charge on any atom is -0.482 e. The van der Waals surface area contributed by atoms with Crippen LogP contribution in [-0.4, -0.2) is 6.54 Å². The lowest BCUT2D eigenvalue weighted by atomic mass is 10.1. The molecule has 20 heavy (non-hydrogen) atoms. The molecule has 4 heteroatoms. The van der Waals surface area contributed by atoms with E-state index in [0.717, 1.165) is 18.2 Å². The highest BCUT2D eigenvalue weighted by molar-refractivity contribution is 5.60. The Kier molecular flexibility index (Phi) is 3.30. The van der Waals surface area contributed by atoms with Crippen molar-refractivity contribution in [2.24, 2.45) is 0 Å². The zero-order valence-corrected chi connectivity index (χ0v) is 11.1. The van der Waals surface area contributed by atoms with E-state index in [1.807, 2.05) is 18.2 Å². The smallest absolute Gasteiger partial charge is 0.165 e. The van der Waals surface area contributed by atoms with Gasteiger partial charge >= 0.3 is 0 Å². The Morgan fingerprint density at radius 3 is 2.90 bits per heavy atom. The minimum absolute atomic E-state index is 0.239. The van der Waals surface area contributed by atoms with Gasteiger partial charge in [0.2, 0.25) is 0 Å². The maximum Gasteiger partial charge on any atom is 0.165 e. The van der Waals surface area contributed by atoms with Crippen LogP contribution in [0.1, 0.15) is 24.2 Å². The number of hydrogen-bond donors (Lipinski definition) is 1. The second-order valence-electron chi connectivity index (χ2n) is 4.81. The Morgan fingerprint density at radius 2 is 2.10 bits per heavy atom. The van der Waals surface area contributed by atoms with Crippen LogP contribution in [0.3, 0.4) is 0 Å². The first-order valence-electron chi connectivity index (χ1n) is 6.66. The number of halogens is 2. The lowest BCUT2D eigenvalue weighted by Crippen LogP contribution is -2.24. The van der Waals surface area contributed by atoms with Crippen molar-refractivity contribution in [1.82, 2.24) is 0 Å². The van der Waals surface area contributed by atoms with Crippen LogP contribution < -0.4 is 10.1 Å². The molecule has 0 fully saturated rings. The highest BCUT2D eigenvalue weighted by Gasteiger charge is 2.24. The summed E-state index contributed by atoms with van der Waals surface area (Å²) >= 11 is 0. The second-order valence-corrected chi connectivity index (χ2v) is 4.81. The van der Waals surface area contributed by atoms with Crippen molar-refractivity contribution in [3.63, 3.8) is 0 Å². The number of anilines is 1. The van der Waals surface area contributed by atoms with Crippen LogP contribution in [0.25, 0.3) is 0 Å². The zero-order valence-electron chi connectivity index (χ0n) is 11.1. The van der Waals surface area contributed by atoms with Crippen molar-refractivity contribution in [2.75, 3.05) is 11.9 Å². The molecule has 1 N–H and O–H groups in total. The highest BCUT2D eigenvalue weighted by atomic mass is 19.2. The molecule has 2 aromatic rings. The fraction of sp³-hybridized carbons (Fsp3) is 0.250. The Balaban J connectivity index is 1.90. The molecule has 3 rings (SSSR count). The van der Waals surface area contributed by atoms with Crippen LogP contribution in [0, 0.1) is 11.6 Å². The van der Waals surface area contributed by atoms with E-state index in [4.69, 9.17) is 4.74 Å². The van der Waals surface area contributed by atoms with Crippen LogP contribution in [-0.2, 0) is 6.42 Å². The number of aryl methyl sites for hydroxylation is 1. The van der Waals surface area contributed by atoms with E-state index < -0.39 is 17.7 Å². The van der Waals surface area contributed by atoms with Crippen LogP contribution >= 0.6 is 0 Å². The number of fused-ring (bicyclic) bond motifs is 1. The fourth-order valence-corrected chi connectivity index (χ4v) is 2.38. The summed E-state index contributed by atoms with van der Waals surface area (Å²) in [7, 11) is 0. The van der Waals surface area contributed by atoms with Crippen molar-refractivity contribution < 1.29 is 13.5 Å². The third-order valence-electron chi connectivity index (χ3n) is 3.53. The van der Waals surface area contributed by atoms with Gasteiger partial charge in [-0.05, 0) is 30.2 Å². The highest BCUT2D eigenvalue weighted by Crippen LogP contribution is 2.35. The van der Waals surface area contributed by atoms with Crippen molar-refractivity contribution in [2.45, 2.75) is 19.4 Å². The molecule has 1 aliphatic heterocycles. The van der Waals surface area contributed by atoms with Crippen molar-refractivity contribution in [3.05, 3.63) is 59.2 Å². The van der Waals surface area contributed by atoms with Crippen LogP contribution in [0.5, 0.6) is 5.75 Å². The van der Waals surface area contributed by atoms with Gasteiger partial charge in [0.05, 0.1) is 12.2 Å². The van der Waals surface area contributed by atoms with E-state index in [0.29, 0.717) is 12.3 Å². The number of nitrogens with one attached hydrogen (secondary N) is 1. The molecule has 0 saturated carbocycles. The topological polar surface area (TPSA) is 21.3 Å². The first kappa shape index (κ1) is 12.9. The molecule has 1 unspecified atom stereocenters. The Labute approximate surface area is 116 Å². The van der Waals surface area contributed by atoms with E-state index in [-0.39, 0.29) is 5.56 Å². The molecular weight excluding hydrogens is 260 g/mol. The summed E-state index contributed by atoms with van der Waals surface area (Å²) in [6, 6.07) is 10.0. The molecule has 0 aliphatic carbocycles. The Bertz CT molecular complexity index is 642. The van der Waals surface area contributed by atoms with Crippen molar-refractivity contribution >= 4 is 5.69 Å². The van der Waals surface area contributed by atoms with Gasteiger partial charge in [0.25, 0.3) is 0 Å². The lowest BCUT2D eigenvalue weighted by Gasteiger charge is -2.28. The largest absolute Gasteiger partial charge is 0.482 e. The van der Waals surface area contributed by atoms with Gasteiger partial charge in [-0.25, -0.2) is 8.78 Å². The normalized spacial score (nSPS) is 17.1. The van der Waals surface area contributed by atoms with Gasteiger partial charge in [0.1, 0.15) is 11.9 Å². The molecule has 1 aliphatic rings. The molecule has 2 aromatic carbocycles. The summed E-state index contributed by atoms with van der Waals surface area (Å²) in [5.74, 6) is -1.02. The summed E-state index contributed by atoms with van der Waals surface area (Å²) in [5.41, 5.74) is 2.34. The van der Waals surface area contributed by atoms with E-state index in [2.05, 4.69) is 12.2 Å². The van der Waals surface area contributed by atoms with E-state index >= 15 is 0 Å². The summed E-state index contributed by atoms with van der Waals surface area (Å²) < 4.78 is 32.9. The monoisotopic (exact) mass is 275 g/mol. The first-order valence-corrected chi connectivity index (χ1v) is 6.66. The van der Waals surface area contributed by atoms with Gasteiger partial charge in [-0.15, -0.1) is 0 Å². The van der Waals surface area contributed by atoms with E-state index in [1.54, 1.807) is 6.07 Å². The molecule has 0 amide bonds. The third kappa shape index (κ3) is 2.22. The standard InChI is InChI=1S/C16H15F2NO/c1-2-10-6-7-14-13(8-10)19-9-15(20-14)11-4-3-5-12(17)16(11)18/h3-8,15,19H,2,9H2,1H3. The third-order valence-corrected chi connectivity index (χ3v) is 3.53. The van der Waals surface area contributed by atoms with Crippen molar-refractivity contribution in [1.29, 1.82) is 0 Å². The average Bonchev–Trinajstić information content (AvgIpc) is 2.49. The van der Waals surface area contributed by atoms with Gasteiger partial charge in [0.15, 0.2) is 11.6 Å². The second kappa shape index (κ2) is 5.12. The molecule has 104 valence electrons. The Morgan fingerprint density at radius 1 is 1.25 bits per heavy atom. The maximum atomic E-state index is 13.8. The summed E-state index contributed by atoms with van der Waals surface area (Å²) in [4.78, 5) is 0.